The van der Waals surface area contributed by atoms with Crippen LogP contribution in [0.3, 0.4) is 0 Å². The van der Waals surface area contributed by atoms with Crippen LogP contribution in [0.15, 0.2) is 34.8 Å². The van der Waals surface area contributed by atoms with E-state index < -0.39 is 20.5 Å². The first-order valence-electron chi connectivity index (χ1n) is 6.95. The maximum Gasteiger partial charge on any atom is 2.00 e. The molecule has 2 rings (SSSR count). The van der Waals surface area contributed by atoms with Gasteiger partial charge in [-0.1, -0.05) is 0 Å². The fourth-order valence-corrected chi connectivity index (χ4v) is 1.41. The SMILES string of the molecule is Cn1ccnc1C=NCCN=Cc1nccn1C.O.[Cu+2].[O-][Cl+3]([O-])([O-])[O-].[O-][Cl+3]([O-])([O-])[O-]. The van der Waals surface area contributed by atoms with E-state index in [1.54, 1.807) is 24.8 Å². The number of hydrogen-bond donors (Lipinski definition) is 0. The molecule has 0 saturated carbocycles. The van der Waals surface area contributed by atoms with E-state index in [4.69, 9.17) is 37.3 Å². The summed E-state index contributed by atoms with van der Waals surface area (Å²) in [6, 6.07) is 0. The molecule has 30 heavy (non-hydrogen) atoms. The largest absolute Gasteiger partial charge is 2.00 e. The van der Waals surface area contributed by atoms with Crippen molar-refractivity contribution in [3.05, 3.63) is 36.4 Å². The molecule has 0 aliphatic carbocycles. The Labute approximate surface area is 185 Å². The zero-order valence-corrected chi connectivity index (χ0v) is 17.8. The van der Waals surface area contributed by atoms with Crippen molar-refractivity contribution in [2.24, 2.45) is 24.1 Å². The van der Waals surface area contributed by atoms with Crippen molar-refractivity contribution in [2.75, 3.05) is 13.1 Å². The fourth-order valence-electron chi connectivity index (χ4n) is 1.41. The molecule has 0 spiro atoms. The Kier molecular flexibility index (Phi) is 17.9. The van der Waals surface area contributed by atoms with Gasteiger partial charge < -0.3 is 14.6 Å². The summed E-state index contributed by atoms with van der Waals surface area (Å²) in [7, 11) is -6.01. The van der Waals surface area contributed by atoms with Crippen molar-refractivity contribution in [2.45, 2.75) is 0 Å². The molecule has 0 saturated heterocycles. The molecular formula is C12H18Cl2CuN6O9. The number of aliphatic imine (C=N–C) groups is 2. The normalized spacial score (nSPS) is 11.1. The molecular weight excluding hydrogens is 507 g/mol. The van der Waals surface area contributed by atoms with Crippen LogP contribution in [-0.2, 0) is 31.2 Å². The summed E-state index contributed by atoms with van der Waals surface area (Å²) >= 11 is 0. The van der Waals surface area contributed by atoms with Crippen LogP contribution in [-0.4, -0.2) is 50.1 Å². The molecule has 175 valence electrons. The average molecular weight is 525 g/mol. The Morgan fingerprint density at radius 1 is 0.767 bits per heavy atom. The van der Waals surface area contributed by atoms with Gasteiger partial charge in [-0.25, -0.2) is 47.2 Å². The molecule has 2 aromatic rings. The predicted molar refractivity (Wildman–Crippen MR) is 75.0 cm³/mol. The van der Waals surface area contributed by atoms with Gasteiger partial charge in [0.2, 0.25) is 0 Å². The van der Waals surface area contributed by atoms with Crippen LogP contribution in [0.2, 0.25) is 0 Å². The number of nitrogens with zero attached hydrogens (tertiary/aromatic N) is 6. The van der Waals surface area contributed by atoms with Crippen LogP contribution in [0.1, 0.15) is 11.6 Å². The zero-order chi connectivity index (χ0) is 21.8. The van der Waals surface area contributed by atoms with E-state index in [9.17, 15) is 0 Å². The van der Waals surface area contributed by atoms with Gasteiger partial charge in [-0.3, -0.25) is 9.98 Å². The van der Waals surface area contributed by atoms with Crippen LogP contribution in [0, 0.1) is 20.5 Å². The standard InChI is InChI=1S/C12H16N6.2ClHO4.Cu.H2O/c1-17-7-5-15-11(17)9-13-3-4-14-10-12-16-6-8-18(12)2;2*2-1(3,4)5;;/h5-10H,3-4H2,1-2H3;2*(H,2,3,4,5);;1H2/q;;;+2;/p-2. The van der Waals surface area contributed by atoms with Gasteiger partial charge in [0.15, 0.2) is 0 Å². The second-order valence-corrected chi connectivity index (χ2v) is 6.13. The quantitative estimate of drug-likeness (QED) is 0.202. The van der Waals surface area contributed by atoms with E-state index in [2.05, 4.69) is 20.0 Å². The minimum Gasteiger partial charge on any atom is -0.412 e. The third-order valence-electron chi connectivity index (χ3n) is 2.49. The summed E-state index contributed by atoms with van der Waals surface area (Å²) in [6.45, 7) is 1.29. The maximum absolute atomic E-state index is 8.49. The Bertz CT molecular complexity index is 671. The molecule has 0 unspecified atom stereocenters. The van der Waals surface area contributed by atoms with Gasteiger partial charge in [-0.2, -0.15) is 0 Å². The second-order valence-electron chi connectivity index (χ2n) is 4.62. The summed E-state index contributed by atoms with van der Waals surface area (Å²) in [5.41, 5.74) is 0. The molecule has 0 fully saturated rings. The van der Waals surface area contributed by atoms with Gasteiger partial charge in [0, 0.05) is 38.9 Å². The molecule has 18 heteroatoms. The first-order chi connectivity index (χ1) is 12.8. The Morgan fingerprint density at radius 3 is 1.23 bits per heavy atom. The maximum atomic E-state index is 8.49. The smallest absolute Gasteiger partial charge is 0.412 e. The topological polar surface area (TPSA) is 276 Å². The van der Waals surface area contributed by atoms with E-state index in [0.29, 0.717) is 13.1 Å². The molecule has 2 heterocycles. The number of aromatic nitrogens is 4. The van der Waals surface area contributed by atoms with Crippen molar-refractivity contribution in [3.8, 4) is 0 Å². The molecule has 0 aromatic carbocycles. The molecule has 0 amide bonds. The van der Waals surface area contributed by atoms with E-state index in [-0.39, 0.29) is 22.5 Å². The molecule has 0 atom stereocenters. The van der Waals surface area contributed by atoms with Crippen LogP contribution in [0.5, 0.6) is 0 Å². The minimum atomic E-state index is -4.94. The number of hydrogen-bond acceptors (Lipinski definition) is 12. The van der Waals surface area contributed by atoms with Crippen molar-refractivity contribution >= 4 is 12.4 Å². The van der Waals surface area contributed by atoms with Gasteiger partial charge in [0.05, 0.1) is 25.5 Å². The van der Waals surface area contributed by atoms with Gasteiger partial charge in [-0.05, 0) is 0 Å². The molecule has 0 aliphatic heterocycles. The molecule has 0 bridgehead atoms. The third-order valence-corrected chi connectivity index (χ3v) is 2.49. The fraction of sp³-hybridized carbons (Fsp3) is 0.333. The summed E-state index contributed by atoms with van der Waals surface area (Å²) in [5.74, 6) is 1.70. The van der Waals surface area contributed by atoms with Crippen molar-refractivity contribution in [1.82, 2.24) is 19.1 Å². The monoisotopic (exact) mass is 523 g/mol. The number of imidazole rings is 2. The second kappa shape index (κ2) is 16.2. The van der Waals surface area contributed by atoms with Gasteiger partial charge >= 0.3 is 17.1 Å². The first kappa shape index (κ1) is 33.1. The first-order valence-corrected chi connectivity index (χ1v) is 9.42. The van der Waals surface area contributed by atoms with Crippen LogP contribution >= 0.6 is 0 Å². The van der Waals surface area contributed by atoms with Crippen LogP contribution in [0.4, 0.5) is 0 Å². The summed E-state index contributed by atoms with van der Waals surface area (Å²) in [4.78, 5) is 16.8. The molecule has 2 aromatic heterocycles. The van der Waals surface area contributed by atoms with E-state index >= 15 is 0 Å². The Hall–Kier alpha value is -1.50. The van der Waals surface area contributed by atoms with E-state index in [1.807, 2.05) is 35.6 Å². The number of aryl methyl sites for hydroxylation is 2. The van der Waals surface area contributed by atoms with Gasteiger partial charge in [-0.15, -0.1) is 20.5 Å². The summed E-state index contributed by atoms with van der Waals surface area (Å²) < 4.78 is 71.8. The average Bonchev–Trinajstić information content (AvgIpc) is 3.08. The van der Waals surface area contributed by atoms with Gasteiger partial charge in [0.1, 0.15) is 11.6 Å². The summed E-state index contributed by atoms with van der Waals surface area (Å²) in [6.07, 6.45) is 10.8. The Balaban J connectivity index is -0.000000514. The zero-order valence-electron chi connectivity index (χ0n) is 15.4. The molecule has 2 N–H and O–H groups in total. The molecule has 0 aliphatic rings. The van der Waals surface area contributed by atoms with Crippen LogP contribution in [0.25, 0.3) is 0 Å². The molecule has 1 radical (unpaired) electrons. The van der Waals surface area contributed by atoms with E-state index in [1.165, 1.54) is 0 Å². The van der Waals surface area contributed by atoms with Crippen molar-refractivity contribution in [1.29, 1.82) is 0 Å². The van der Waals surface area contributed by atoms with Crippen LogP contribution < -0.4 is 37.3 Å². The van der Waals surface area contributed by atoms with Crippen molar-refractivity contribution in [3.63, 3.8) is 0 Å². The minimum absolute atomic E-state index is 0. The Morgan fingerprint density at radius 2 is 1.03 bits per heavy atom. The van der Waals surface area contributed by atoms with Crippen molar-refractivity contribution < 1.29 is 80.3 Å². The molecule has 15 nitrogen and oxygen atoms in total. The third kappa shape index (κ3) is 22.8. The predicted octanol–water partition coefficient (Wildman–Crippen LogP) is -9.65. The number of rotatable bonds is 5. The number of halogens is 2. The summed E-state index contributed by atoms with van der Waals surface area (Å²) in [5, 5.41) is 0. The van der Waals surface area contributed by atoms with Gasteiger partial charge in [0.25, 0.3) is 0 Å². The van der Waals surface area contributed by atoms with E-state index in [0.717, 1.165) is 11.6 Å².